The van der Waals surface area contributed by atoms with Crippen LogP contribution in [0.25, 0.3) is 0 Å². The highest BCUT2D eigenvalue weighted by Crippen LogP contribution is 2.38. The number of aliphatic hydroxyl groups is 1. The molecule has 3 nitrogen and oxygen atoms in total. The Morgan fingerprint density at radius 3 is 2.40 bits per heavy atom. The van der Waals surface area contributed by atoms with Crippen LogP contribution in [0.4, 0.5) is 0 Å². The second kappa shape index (κ2) is 5.94. The number of piperidine rings is 1. The van der Waals surface area contributed by atoms with Crippen LogP contribution in [0.2, 0.25) is 0 Å². The minimum absolute atomic E-state index is 0.0373. The zero-order valence-electron chi connectivity index (χ0n) is 13.3. The van der Waals surface area contributed by atoms with Crippen molar-refractivity contribution in [1.29, 1.82) is 0 Å². The lowest BCUT2D eigenvalue weighted by Crippen LogP contribution is -2.54. The van der Waals surface area contributed by atoms with Gasteiger partial charge in [-0.2, -0.15) is 0 Å². The van der Waals surface area contributed by atoms with Gasteiger partial charge in [-0.1, -0.05) is 26.7 Å². The summed E-state index contributed by atoms with van der Waals surface area (Å²) < 4.78 is 0. The lowest BCUT2D eigenvalue weighted by atomic mass is 9.84. The van der Waals surface area contributed by atoms with Gasteiger partial charge in [-0.25, -0.2) is 0 Å². The minimum atomic E-state index is -0.130. The first-order valence-electron chi connectivity index (χ1n) is 8.75. The zero-order valence-corrected chi connectivity index (χ0v) is 13.3. The number of hydrogen-bond donors (Lipinski definition) is 2. The molecule has 3 aliphatic rings. The van der Waals surface area contributed by atoms with E-state index in [0.29, 0.717) is 12.1 Å². The lowest BCUT2D eigenvalue weighted by molar-refractivity contribution is 0.0556. The molecule has 2 saturated carbocycles. The third-order valence-electron chi connectivity index (χ3n) is 6.22. The van der Waals surface area contributed by atoms with Crippen molar-refractivity contribution >= 4 is 0 Å². The molecule has 2 aliphatic carbocycles. The summed E-state index contributed by atoms with van der Waals surface area (Å²) in [5.74, 6) is 0. The zero-order chi connectivity index (χ0) is 14.2. The Balaban J connectivity index is 1.55. The first-order chi connectivity index (χ1) is 9.57. The van der Waals surface area contributed by atoms with Crippen molar-refractivity contribution < 1.29 is 5.11 Å². The van der Waals surface area contributed by atoms with E-state index in [0.717, 1.165) is 18.9 Å². The van der Waals surface area contributed by atoms with E-state index in [-0.39, 0.29) is 11.5 Å². The van der Waals surface area contributed by atoms with Crippen molar-refractivity contribution in [3.8, 4) is 0 Å². The lowest BCUT2D eigenvalue weighted by Gasteiger charge is -2.40. The molecule has 3 rings (SSSR count). The monoisotopic (exact) mass is 280 g/mol. The molecule has 0 aromatic carbocycles. The number of nitrogens with one attached hydrogen (secondary N) is 1. The van der Waals surface area contributed by atoms with E-state index >= 15 is 0 Å². The molecule has 20 heavy (non-hydrogen) atoms. The number of hydrogen-bond acceptors (Lipinski definition) is 3. The van der Waals surface area contributed by atoms with Crippen LogP contribution >= 0.6 is 0 Å². The quantitative estimate of drug-likeness (QED) is 0.834. The Hall–Kier alpha value is -0.120. The van der Waals surface area contributed by atoms with Gasteiger partial charge in [0.15, 0.2) is 0 Å². The first-order valence-corrected chi connectivity index (χ1v) is 8.75. The summed E-state index contributed by atoms with van der Waals surface area (Å²) in [5.41, 5.74) is 0.0373. The van der Waals surface area contributed by atoms with Gasteiger partial charge in [-0.05, 0) is 45.1 Å². The van der Waals surface area contributed by atoms with Gasteiger partial charge in [0.2, 0.25) is 0 Å². The number of nitrogens with zero attached hydrogens (tertiary/aromatic N) is 1. The van der Waals surface area contributed by atoms with Crippen LogP contribution in [-0.4, -0.2) is 47.3 Å². The van der Waals surface area contributed by atoms with Gasteiger partial charge in [0.1, 0.15) is 0 Å². The van der Waals surface area contributed by atoms with E-state index < -0.39 is 0 Å². The Labute approximate surface area is 124 Å². The Kier molecular flexibility index (Phi) is 4.40. The molecule has 0 amide bonds. The molecule has 3 fully saturated rings. The van der Waals surface area contributed by atoms with Gasteiger partial charge < -0.3 is 10.4 Å². The van der Waals surface area contributed by atoms with Gasteiger partial charge in [-0.3, -0.25) is 4.90 Å². The molecule has 0 bridgehead atoms. The predicted octanol–water partition coefficient (Wildman–Crippen LogP) is 2.53. The van der Waals surface area contributed by atoms with Gasteiger partial charge in [0.05, 0.1) is 6.10 Å². The number of aliphatic hydroxyl groups excluding tert-OH is 1. The fraction of sp³-hybridized carbons (Fsp3) is 1.00. The molecule has 1 saturated heterocycles. The third-order valence-corrected chi connectivity index (χ3v) is 6.22. The second-order valence-electron chi connectivity index (χ2n) is 7.91. The second-order valence-corrected chi connectivity index (χ2v) is 7.91. The van der Waals surface area contributed by atoms with Crippen LogP contribution in [0.15, 0.2) is 0 Å². The molecule has 116 valence electrons. The van der Waals surface area contributed by atoms with Crippen molar-refractivity contribution in [2.45, 2.75) is 89.4 Å². The molecule has 3 atom stereocenters. The Morgan fingerprint density at radius 1 is 1.00 bits per heavy atom. The maximum atomic E-state index is 10.1. The molecule has 2 N–H and O–H groups in total. The molecule has 3 heteroatoms. The van der Waals surface area contributed by atoms with E-state index in [1.54, 1.807) is 0 Å². The normalized spacial score (nSPS) is 39.5. The van der Waals surface area contributed by atoms with E-state index in [4.69, 9.17) is 0 Å². The third kappa shape index (κ3) is 2.90. The van der Waals surface area contributed by atoms with Crippen LogP contribution in [0, 0.1) is 5.41 Å². The van der Waals surface area contributed by atoms with E-state index in [9.17, 15) is 5.11 Å². The fourth-order valence-electron chi connectivity index (χ4n) is 4.63. The van der Waals surface area contributed by atoms with Crippen molar-refractivity contribution in [2.75, 3.05) is 13.1 Å². The van der Waals surface area contributed by atoms with Gasteiger partial charge in [0, 0.05) is 30.1 Å². The topological polar surface area (TPSA) is 35.5 Å². The summed E-state index contributed by atoms with van der Waals surface area (Å²) in [7, 11) is 0. The average molecular weight is 280 g/mol. The molecule has 1 aliphatic heterocycles. The summed E-state index contributed by atoms with van der Waals surface area (Å²) in [6.45, 7) is 6.98. The predicted molar refractivity (Wildman–Crippen MR) is 82.8 cm³/mol. The van der Waals surface area contributed by atoms with E-state index in [1.807, 2.05) is 0 Å². The van der Waals surface area contributed by atoms with Crippen molar-refractivity contribution in [2.24, 2.45) is 5.41 Å². The summed E-state index contributed by atoms with van der Waals surface area (Å²) in [5, 5.41) is 14.0. The minimum Gasteiger partial charge on any atom is -0.393 e. The maximum absolute atomic E-state index is 10.1. The van der Waals surface area contributed by atoms with Crippen LogP contribution < -0.4 is 5.32 Å². The van der Waals surface area contributed by atoms with Crippen LogP contribution in [0.5, 0.6) is 0 Å². The van der Waals surface area contributed by atoms with Crippen LogP contribution in [0.3, 0.4) is 0 Å². The largest absolute Gasteiger partial charge is 0.393 e. The van der Waals surface area contributed by atoms with E-state index in [1.165, 1.54) is 51.6 Å². The summed E-state index contributed by atoms with van der Waals surface area (Å²) in [6.07, 6.45) is 10.3. The first kappa shape index (κ1) is 14.8. The molecule has 0 spiro atoms. The highest BCUT2D eigenvalue weighted by atomic mass is 16.3. The van der Waals surface area contributed by atoms with E-state index in [2.05, 4.69) is 24.1 Å². The Morgan fingerprint density at radius 2 is 1.75 bits per heavy atom. The SMILES string of the molecule is CC1(C)C(O)CCC1N[C@H]1CCCN(C2CCCC2)C1. The highest BCUT2D eigenvalue weighted by molar-refractivity contribution is 4.98. The maximum Gasteiger partial charge on any atom is 0.0606 e. The molecule has 2 unspecified atom stereocenters. The fourth-order valence-corrected chi connectivity index (χ4v) is 4.63. The van der Waals surface area contributed by atoms with Crippen molar-refractivity contribution in [3.05, 3.63) is 0 Å². The molecule has 0 aromatic rings. The molecule has 0 aromatic heterocycles. The smallest absolute Gasteiger partial charge is 0.0606 e. The number of likely N-dealkylation sites (tertiary alicyclic amines) is 1. The molecule has 1 heterocycles. The molecular formula is C17H32N2O. The standard InChI is InChI=1S/C17H32N2O/c1-17(2)15(9-10-16(17)20)18-13-6-5-11-19(12-13)14-7-3-4-8-14/h13-16,18,20H,3-12H2,1-2H3/t13-,15?,16?/m0/s1. The van der Waals surface area contributed by atoms with Gasteiger partial charge in [0.25, 0.3) is 0 Å². The summed E-state index contributed by atoms with van der Waals surface area (Å²) in [4.78, 5) is 2.74. The van der Waals surface area contributed by atoms with Gasteiger partial charge >= 0.3 is 0 Å². The summed E-state index contributed by atoms with van der Waals surface area (Å²) in [6, 6.07) is 1.99. The van der Waals surface area contributed by atoms with Gasteiger partial charge in [-0.15, -0.1) is 0 Å². The average Bonchev–Trinajstić information content (AvgIpc) is 3.04. The van der Waals surface area contributed by atoms with Crippen molar-refractivity contribution in [3.63, 3.8) is 0 Å². The molecule has 0 radical (unpaired) electrons. The molecular weight excluding hydrogens is 248 g/mol. The highest BCUT2D eigenvalue weighted by Gasteiger charge is 2.43. The number of rotatable bonds is 3. The summed E-state index contributed by atoms with van der Waals surface area (Å²) >= 11 is 0. The van der Waals surface area contributed by atoms with Crippen LogP contribution in [0.1, 0.15) is 65.2 Å². The van der Waals surface area contributed by atoms with Crippen molar-refractivity contribution in [1.82, 2.24) is 10.2 Å². The Bertz CT molecular complexity index is 325. The van der Waals surface area contributed by atoms with Crippen LogP contribution in [-0.2, 0) is 0 Å².